The van der Waals surface area contributed by atoms with Crippen molar-refractivity contribution in [2.75, 3.05) is 5.32 Å². The second kappa shape index (κ2) is 8.29. The lowest BCUT2D eigenvalue weighted by molar-refractivity contribution is 0.102. The van der Waals surface area contributed by atoms with Gasteiger partial charge in [-0.25, -0.2) is 4.98 Å². The molecular formula is C22H13Cl3N2O2. The van der Waals surface area contributed by atoms with Crippen LogP contribution in [0.5, 0.6) is 0 Å². The Hall–Kier alpha value is -2.79. The minimum absolute atomic E-state index is 0.285. The van der Waals surface area contributed by atoms with E-state index in [1.165, 1.54) is 12.1 Å². The van der Waals surface area contributed by atoms with Crippen LogP contribution in [0, 0.1) is 0 Å². The Kier molecular flexibility index (Phi) is 5.58. The molecule has 0 spiro atoms. The monoisotopic (exact) mass is 442 g/mol. The van der Waals surface area contributed by atoms with Gasteiger partial charge in [-0.2, -0.15) is 0 Å². The van der Waals surface area contributed by atoms with Crippen LogP contribution in [-0.4, -0.2) is 10.9 Å². The van der Waals surface area contributed by atoms with Crippen molar-refractivity contribution >= 4 is 46.4 Å². The summed E-state index contributed by atoms with van der Waals surface area (Å²) < 4.78 is 5.90. The Morgan fingerprint density at radius 2 is 1.55 bits per heavy atom. The Bertz CT molecular complexity index is 1190. The maximum atomic E-state index is 12.9. The molecule has 3 aromatic carbocycles. The highest BCUT2D eigenvalue weighted by atomic mass is 35.5. The zero-order valence-electron chi connectivity index (χ0n) is 14.8. The third kappa shape index (κ3) is 4.15. The number of anilines is 1. The van der Waals surface area contributed by atoms with Gasteiger partial charge in [0.05, 0.1) is 32.5 Å². The summed E-state index contributed by atoms with van der Waals surface area (Å²) in [5, 5.41) is 3.64. The SMILES string of the molecule is O=C(Nc1cc(Cl)c(Cl)cc1Cl)c1ccccc1-c1ncc(-c2ccccc2)o1. The Labute approximate surface area is 182 Å². The summed E-state index contributed by atoms with van der Waals surface area (Å²) in [4.78, 5) is 17.3. The molecule has 0 radical (unpaired) electrons. The first-order chi connectivity index (χ1) is 14.0. The van der Waals surface area contributed by atoms with E-state index in [0.717, 1.165) is 5.56 Å². The summed E-state index contributed by atoms with van der Waals surface area (Å²) >= 11 is 18.2. The summed E-state index contributed by atoms with van der Waals surface area (Å²) in [6, 6.07) is 19.6. The summed E-state index contributed by atoms with van der Waals surface area (Å²) in [5.41, 5.74) is 2.20. The van der Waals surface area contributed by atoms with E-state index in [1.54, 1.807) is 24.4 Å². The van der Waals surface area contributed by atoms with Crippen LogP contribution in [-0.2, 0) is 0 Å². The van der Waals surface area contributed by atoms with Crippen LogP contribution in [0.25, 0.3) is 22.8 Å². The van der Waals surface area contributed by atoms with Crippen molar-refractivity contribution in [1.82, 2.24) is 4.98 Å². The Balaban J connectivity index is 1.66. The largest absolute Gasteiger partial charge is 0.436 e. The van der Waals surface area contributed by atoms with Gasteiger partial charge in [0.15, 0.2) is 5.76 Å². The molecule has 0 aliphatic rings. The van der Waals surface area contributed by atoms with Gasteiger partial charge >= 0.3 is 0 Å². The summed E-state index contributed by atoms with van der Waals surface area (Å²) in [7, 11) is 0. The van der Waals surface area contributed by atoms with Crippen molar-refractivity contribution in [2.24, 2.45) is 0 Å². The average molecular weight is 444 g/mol. The minimum Gasteiger partial charge on any atom is -0.436 e. The van der Waals surface area contributed by atoms with Crippen LogP contribution in [0.4, 0.5) is 5.69 Å². The molecule has 144 valence electrons. The quantitative estimate of drug-likeness (QED) is 0.339. The van der Waals surface area contributed by atoms with E-state index in [-0.39, 0.29) is 10.9 Å². The fraction of sp³-hybridized carbons (Fsp3) is 0. The van der Waals surface area contributed by atoms with Crippen molar-refractivity contribution < 1.29 is 9.21 Å². The minimum atomic E-state index is -0.375. The van der Waals surface area contributed by atoms with Crippen LogP contribution in [0.15, 0.2) is 77.3 Å². The number of carbonyl (C=O) groups excluding carboxylic acids is 1. The highest BCUT2D eigenvalue weighted by Crippen LogP contribution is 2.33. The predicted molar refractivity (Wildman–Crippen MR) is 117 cm³/mol. The average Bonchev–Trinajstić information content (AvgIpc) is 3.23. The van der Waals surface area contributed by atoms with Gasteiger partial charge in [-0.05, 0) is 24.3 Å². The molecule has 0 bridgehead atoms. The van der Waals surface area contributed by atoms with Gasteiger partial charge < -0.3 is 9.73 Å². The molecule has 7 heteroatoms. The van der Waals surface area contributed by atoms with Gasteiger partial charge in [-0.1, -0.05) is 77.3 Å². The van der Waals surface area contributed by atoms with E-state index >= 15 is 0 Å². The molecule has 1 heterocycles. The smallest absolute Gasteiger partial charge is 0.256 e. The predicted octanol–water partition coefficient (Wildman–Crippen LogP) is 7.22. The molecule has 0 saturated carbocycles. The fourth-order valence-electron chi connectivity index (χ4n) is 2.81. The molecule has 0 atom stereocenters. The van der Waals surface area contributed by atoms with Gasteiger partial charge in [0.1, 0.15) is 0 Å². The number of amides is 1. The number of carbonyl (C=O) groups is 1. The lowest BCUT2D eigenvalue weighted by Crippen LogP contribution is -2.13. The summed E-state index contributed by atoms with van der Waals surface area (Å²) in [6.07, 6.45) is 1.63. The second-order valence-electron chi connectivity index (χ2n) is 6.14. The number of hydrogen-bond acceptors (Lipinski definition) is 3. The Morgan fingerprint density at radius 1 is 0.862 bits per heavy atom. The second-order valence-corrected chi connectivity index (χ2v) is 7.36. The molecule has 0 aliphatic heterocycles. The molecule has 0 unspecified atom stereocenters. The van der Waals surface area contributed by atoms with Gasteiger partial charge in [-0.15, -0.1) is 0 Å². The van der Waals surface area contributed by atoms with Crippen LogP contribution >= 0.6 is 34.8 Å². The van der Waals surface area contributed by atoms with Gasteiger partial charge in [0.25, 0.3) is 5.91 Å². The molecule has 0 fully saturated rings. The van der Waals surface area contributed by atoms with E-state index in [9.17, 15) is 4.79 Å². The van der Waals surface area contributed by atoms with Crippen LogP contribution < -0.4 is 5.32 Å². The molecule has 1 amide bonds. The lowest BCUT2D eigenvalue weighted by Gasteiger charge is -2.10. The third-order valence-electron chi connectivity index (χ3n) is 4.22. The number of nitrogens with one attached hydrogen (secondary N) is 1. The molecule has 4 rings (SSSR count). The zero-order valence-corrected chi connectivity index (χ0v) is 17.1. The number of nitrogens with zero attached hydrogens (tertiary/aromatic N) is 1. The molecule has 0 saturated heterocycles. The standard InChI is InChI=1S/C22H13Cl3N2O2/c23-16-10-18(25)19(11-17(16)24)27-21(28)14-8-4-5-9-15(14)22-26-12-20(29-22)13-6-2-1-3-7-13/h1-12H,(H,27,28). The van der Waals surface area contributed by atoms with Crippen LogP contribution in [0.1, 0.15) is 10.4 Å². The molecule has 4 nitrogen and oxygen atoms in total. The van der Waals surface area contributed by atoms with Gasteiger partial charge in [-0.3, -0.25) is 4.79 Å². The number of halogens is 3. The number of oxazole rings is 1. The zero-order chi connectivity index (χ0) is 20.4. The van der Waals surface area contributed by atoms with Crippen molar-refractivity contribution in [3.8, 4) is 22.8 Å². The number of aromatic nitrogens is 1. The molecule has 4 aromatic rings. The normalized spacial score (nSPS) is 10.7. The number of rotatable bonds is 4. The molecule has 29 heavy (non-hydrogen) atoms. The van der Waals surface area contributed by atoms with Gasteiger partial charge in [0.2, 0.25) is 5.89 Å². The molecule has 1 aromatic heterocycles. The van der Waals surface area contributed by atoms with E-state index in [2.05, 4.69) is 10.3 Å². The van der Waals surface area contributed by atoms with Crippen LogP contribution in [0.3, 0.4) is 0 Å². The van der Waals surface area contributed by atoms with Gasteiger partial charge in [0, 0.05) is 11.1 Å². The molecule has 0 aliphatic carbocycles. The maximum Gasteiger partial charge on any atom is 0.256 e. The first kappa shape index (κ1) is 19.5. The highest BCUT2D eigenvalue weighted by molar-refractivity contribution is 6.44. The van der Waals surface area contributed by atoms with Crippen molar-refractivity contribution in [1.29, 1.82) is 0 Å². The van der Waals surface area contributed by atoms with Crippen molar-refractivity contribution in [3.63, 3.8) is 0 Å². The Morgan fingerprint density at radius 3 is 2.34 bits per heavy atom. The van der Waals surface area contributed by atoms with E-state index in [0.29, 0.717) is 38.5 Å². The third-order valence-corrected chi connectivity index (χ3v) is 5.26. The van der Waals surface area contributed by atoms with Crippen LogP contribution in [0.2, 0.25) is 15.1 Å². The maximum absolute atomic E-state index is 12.9. The lowest BCUT2D eigenvalue weighted by atomic mass is 10.1. The van der Waals surface area contributed by atoms with E-state index < -0.39 is 0 Å². The topological polar surface area (TPSA) is 55.1 Å². The summed E-state index contributed by atoms with van der Waals surface area (Å²) in [6.45, 7) is 0. The van der Waals surface area contributed by atoms with E-state index in [1.807, 2.05) is 36.4 Å². The molecular weight excluding hydrogens is 431 g/mol. The van der Waals surface area contributed by atoms with E-state index in [4.69, 9.17) is 39.2 Å². The van der Waals surface area contributed by atoms with Crippen molar-refractivity contribution in [3.05, 3.63) is 93.6 Å². The fourth-order valence-corrected chi connectivity index (χ4v) is 3.40. The number of benzene rings is 3. The van der Waals surface area contributed by atoms with Crippen molar-refractivity contribution in [2.45, 2.75) is 0 Å². The first-order valence-electron chi connectivity index (χ1n) is 8.59. The first-order valence-corrected chi connectivity index (χ1v) is 9.73. The highest BCUT2D eigenvalue weighted by Gasteiger charge is 2.18. The number of hydrogen-bond donors (Lipinski definition) is 1. The molecule has 1 N–H and O–H groups in total. The summed E-state index contributed by atoms with van der Waals surface area (Å²) in [5.74, 6) is 0.582.